The van der Waals surface area contributed by atoms with Gasteiger partial charge in [-0.25, -0.2) is 4.79 Å². The Morgan fingerprint density at radius 2 is 1.33 bits per heavy atom. The number of anilines is 3. The Balaban J connectivity index is 1.14. The molecule has 2 N–H and O–H groups in total. The SMILES string of the molecule is COC(=O)c1cccc(NC(=O)c2cccc(Nc3ccc(C45CC6CC(CC(C6)C4)C5)cc3)c2)c1. The molecule has 4 bridgehead atoms. The highest BCUT2D eigenvalue weighted by molar-refractivity contribution is 6.05. The lowest BCUT2D eigenvalue weighted by Crippen LogP contribution is -2.48. The maximum atomic E-state index is 12.9. The van der Waals surface area contributed by atoms with E-state index in [-0.39, 0.29) is 5.91 Å². The van der Waals surface area contributed by atoms with Gasteiger partial charge in [-0.15, -0.1) is 0 Å². The van der Waals surface area contributed by atoms with Gasteiger partial charge in [0.2, 0.25) is 0 Å². The molecule has 0 heterocycles. The van der Waals surface area contributed by atoms with Crippen molar-refractivity contribution in [2.45, 2.75) is 43.9 Å². The number of carbonyl (C=O) groups excluding carboxylic acids is 2. The van der Waals surface area contributed by atoms with Crippen LogP contribution in [0.3, 0.4) is 0 Å². The van der Waals surface area contributed by atoms with Gasteiger partial charge < -0.3 is 15.4 Å². The first kappa shape index (κ1) is 22.8. The van der Waals surface area contributed by atoms with Crippen LogP contribution in [0.25, 0.3) is 0 Å². The first-order valence-electron chi connectivity index (χ1n) is 13.0. The predicted octanol–water partition coefficient (Wildman–Crippen LogP) is 6.94. The van der Waals surface area contributed by atoms with Gasteiger partial charge in [0.1, 0.15) is 0 Å². The topological polar surface area (TPSA) is 67.4 Å². The van der Waals surface area contributed by atoms with Crippen LogP contribution < -0.4 is 10.6 Å². The molecule has 5 nitrogen and oxygen atoms in total. The summed E-state index contributed by atoms with van der Waals surface area (Å²) in [6.07, 6.45) is 8.47. The minimum atomic E-state index is -0.438. The zero-order valence-corrected chi connectivity index (χ0v) is 20.6. The van der Waals surface area contributed by atoms with Crippen molar-refractivity contribution in [3.05, 3.63) is 89.5 Å². The van der Waals surface area contributed by atoms with E-state index in [4.69, 9.17) is 4.74 Å². The van der Waals surface area contributed by atoms with Crippen molar-refractivity contribution in [3.63, 3.8) is 0 Å². The second kappa shape index (κ2) is 9.12. The van der Waals surface area contributed by atoms with E-state index in [0.717, 1.165) is 29.1 Å². The van der Waals surface area contributed by atoms with Gasteiger partial charge in [0, 0.05) is 22.6 Å². The van der Waals surface area contributed by atoms with E-state index in [1.54, 1.807) is 30.3 Å². The minimum Gasteiger partial charge on any atom is -0.465 e. The van der Waals surface area contributed by atoms with Gasteiger partial charge in [0.25, 0.3) is 5.91 Å². The van der Waals surface area contributed by atoms with Crippen LogP contribution in [-0.4, -0.2) is 19.0 Å². The number of hydrogen-bond donors (Lipinski definition) is 2. The number of benzene rings is 3. The lowest BCUT2D eigenvalue weighted by Gasteiger charge is -2.57. The van der Waals surface area contributed by atoms with Gasteiger partial charge >= 0.3 is 5.97 Å². The molecule has 3 aromatic carbocycles. The molecule has 4 aliphatic carbocycles. The van der Waals surface area contributed by atoms with E-state index in [2.05, 4.69) is 34.9 Å². The number of esters is 1. The van der Waals surface area contributed by atoms with Crippen LogP contribution in [0, 0.1) is 17.8 Å². The maximum absolute atomic E-state index is 12.9. The Morgan fingerprint density at radius 1 is 0.750 bits per heavy atom. The van der Waals surface area contributed by atoms with Gasteiger partial charge in [-0.1, -0.05) is 24.3 Å². The number of carbonyl (C=O) groups is 2. The van der Waals surface area contributed by atoms with E-state index in [1.807, 2.05) is 18.2 Å². The number of amides is 1. The molecule has 5 heteroatoms. The molecule has 4 fully saturated rings. The van der Waals surface area contributed by atoms with Crippen molar-refractivity contribution in [2.24, 2.45) is 17.8 Å². The number of rotatable bonds is 6. The summed E-state index contributed by atoms with van der Waals surface area (Å²) >= 11 is 0. The van der Waals surface area contributed by atoms with Crippen molar-refractivity contribution in [1.29, 1.82) is 0 Å². The molecule has 1 amide bonds. The smallest absolute Gasteiger partial charge is 0.337 e. The van der Waals surface area contributed by atoms with E-state index in [1.165, 1.54) is 51.2 Å². The molecule has 0 atom stereocenters. The Kier molecular flexibility index (Phi) is 5.79. The van der Waals surface area contributed by atoms with E-state index in [9.17, 15) is 9.59 Å². The summed E-state index contributed by atoms with van der Waals surface area (Å²) in [6, 6.07) is 23.2. The Labute approximate surface area is 212 Å². The van der Waals surface area contributed by atoms with Crippen molar-refractivity contribution in [2.75, 3.05) is 17.7 Å². The highest BCUT2D eigenvalue weighted by Crippen LogP contribution is 2.60. The second-order valence-electron chi connectivity index (χ2n) is 11.0. The van der Waals surface area contributed by atoms with Crippen LogP contribution in [0.15, 0.2) is 72.8 Å². The van der Waals surface area contributed by atoms with Crippen LogP contribution in [0.4, 0.5) is 17.1 Å². The number of nitrogens with one attached hydrogen (secondary N) is 2. The molecule has 0 aliphatic heterocycles. The summed E-state index contributed by atoms with van der Waals surface area (Å²) in [5.74, 6) is 2.13. The number of hydrogen-bond acceptors (Lipinski definition) is 4. The summed E-state index contributed by atoms with van der Waals surface area (Å²) in [4.78, 5) is 24.6. The van der Waals surface area contributed by atoms with Crippen LogP contribution in [0.1, 0.15) is 64.8 Å². The summed E-state index contributed by atoms with van der Waals surface area (Å²) in [6.45, 7) is 0. The molecule has 4 aliphatic rings. The normalized spacial score (nSPS) is 25.9. The summed E-state index contributed by atoms with van der Waals surface area (Å²) in [5, 5.41) is 6.32. The first-order valence-corrected chi connectivity index (χ1v) is 13.0. The highest BCUT2D eigenvalue weighted by atomic mass is 16.5. The third-order valence-electron chi connectivity index (χ3n) is 8.49. The zero-order valence-electron chi connectivity index (χ0n) is 20.6. The van der Waals surface area contributed by atoms with Crippen molar-refractivity contribution >= 4 is 28.9 Å². The summed E-state index contributed by atoms with van der Waals surface area (Å²) in [7, 11) is 1.34. The van der Waals surface area contributed by atoms with E-state index < -0.39 is 5.97 Å². The van der Waals surface area contributed by atoms with Gasteiger partial charge in [0.15, 0.2) is 0 Å². The van der Waals surface area contributed by atoms with Crippen LogP contribution in [0.5, 0.6) is 0 Å². The van der Waals surface area contributed by atoms with Gasteiger partial charge in [0.05, 0.1) is 12.7 Å². The first-order chi connectivity index (χ1) is 17.5. The molecular formula is C31H32N2O3. The molecule has 0 aromatic heterocycles. The molecule has 7 rings (SSSR count). The highest BCUT2D eigenvalue weighted by Gasteiger charge is 2.51. The largest absolute Gasteiger partial charge is 0.465 e. The predicted molar refractivity (Wildman–Crippen MR) is 142 cm³/mol. The molecule has 0 unspecified atom stereocenters. The average molecular weight is 481 g/mol. The van der Waals surface area contributed by atoms with E-state index >= 15 is 0 Å². The fourth-order valence-corrected chi connectivity index (χ4v) is 7.32. The lowest BCUT2D eigenvalue weighted by atomic mass is 9.48. The standard InChI is InChI=1S/C31H32N2O3/c1-36-30(35)24-5-3-7-28(16-24)33-29(34)23-4-2-6-27(15-23)32-26-10-8-25(9-11-26)31-17-20-12-21(18-31)14-22(13-20)19-31/h2-11,15-16,20-22,32H,12-14,17-19H2,1H3,(H,33,34). The molecule has 184 valence electrons. The molecule has 0 saturated heterocycles. The van der Waals surface area contributed by atoms with E-state index in [0.29, 0.717) is 22.2 Å². The number of ether oxygens (including phenoxy) is 1. The van der Waals surface area contributed by atoms with Crippen molar-refractivity contribution in [1.82, 2.24) is 0 Å². The summed E-state index contributed by atoms with van der Waals surface area (Å²) in [5.41, 5.74) is 5.25. The van der Waals surface area contributed by atoms with Gasteiger partial charge in [-0.3, -0.25) is 4.79 Å². The summed E-state index contributed by atoms with van der Waals surface area (Å²) < 4.78 is 4.76. The van der Waals surface area contributed by atoms with Crippen LogP contribution in [0.2, 0.25) is 0 Å². The van der Waals surface area contributed by atoms with Crippen molar-refractivity contribution < 1.29 is 14.3 Å². The Bertz CT molecular complexity index is 1260. The Morgan fingerprint density at radius 3 is 1.97 bits per heavy atom. The lowest BCUT2D eigenvalue weighted by molar-refractivity contribution is -0.00518. The second-order valence-corrected chi connectivity index (χ2v) is 11.0. The maximum Gasteiger partial charge on any atom is 0.337 e. The Hall–Kier alpha value is -3.60. The molecule has 0 radical (unpaired) electrons. The van der Waals surface area contributed by atoms with Crippen LogP contribution >= 0.6 is 0 Å². The molecule has 4 saturated carbocycles. The fourth-order valence-electron chi connectivity index (χ4n) is 7.32. The minimum absolute atomic E-state index is 0.238. The van der Waals surface area contributed by atoms with Crippen molar-refractivity contribution in [3.8, 4) is 0 Å². The third kappa shape index (κ3) is 4.39. The molecule has 0 spiro atoms. The zero-order chi connectivity index (χ0) is 24.7. The average Bonchev–Trinajstić information content (AvgIpc) is 2.88. The van der Waals surface area contributed by atoms with Gasteiger partial charge in [-0.05, 0) is 116 Å². The number of methoxy groups -OCH3 is 1. The quantitative estimate of drug-likeness (QED) is 0.375. The van der Waals surface area contributed by atoms with Crippen LogP contribution in [-0.2, 0) is 10.2 Å². The molecule has 3 aromatic rings. The fraction of sp³-hybridized carbons (Fsp3) is 0.355. The third-order valence-corrected chi connectivity index (χ3v) is 8.49. The molecular weight excluding hydrogens is 448 g/mol. The van der Waals surface area contributed by atoms with Gasteiger partial charge in [-0.2, -0.15) is 0 Å². The molecule has 36 heavy (non-hydrogen) atoms. The monoisotopic (exact) mass is 480 g/mol.